The van der Waals surface area contributed by atoms with Gasteiger partial charge >= 0.3 is 0 Å². The van der Waals surface area contributed by atoms with Gasteiger partial charge in [-0.05, 0) is 19.1 Å². The van der Waals surface area contributed by atoms with Crippen molar-refractivity contribution in [3.63, 3.8) is 0 Å². The Hall–Kier alpha value is -1.62. The Morgan fingerprint density at radius 1 is 1.60 bits per heavy atom. The quantitative estimate of drug-likeness (QED) is 0.788. The average molecular weight is 213 g/mol. The number of hydrogen-bond donors (Lipinski definition) is 2. The number of aliphatic hydroxyl groups excluding tert-OH is 1. The predicted octanol–water partition coefficient (Wildman–Crippen LogP) is 1.16. The fourth-order valence-electron chi connectivity index (χ4n) is 1.05. The molecule has 0 saturated carbocycles. The van der Waals surface area contributed by atoms with E-state index in [0.29, 0.717) is 6.61 Å². The summed E-state index contributed by atoms with van der Waals surface area (Å²) in [5.41, 5.74) is 0.287. The number of nitrogens with one attached hydrogen (secondary N) is 1. The van der Waals surface area contributed by atoms with Gasteiger partial charge in [0, 0.05) is 11.8 Å². The van der Waals surface area contributed by atoms with Crippen molar-refractivity contribution in [3.05, 3.63) is 24.0 Å². The minimum absolute atomic E-state index is 0.138. The third kappa shape index (κ3) is 3.21. The molecule has 0 aliphatic rings. The minimum atomic E-state index is -0.630. The van der Waals surface area contributed by atoms with Gasteiger partial charge in [-0.2, -0.15) is 0 Å². The fraction of sp³-hybridized carbons (Fsp3) is 0.300. The summed E-state index contributed by atoms with van der Waals surface area (Å²) in [6.45, 7) is 1.50. The number of benzene rings is 1. The second-order valence-electron chi connectivity index (χ2n) is 2.78. The van der Waals surface area contributed by atoms with E-state index in [4.69, 9.17) is 9.84 Å². The first-order valence-electron chi connectivity index (χ1n) is 4.50. The molecule has 0 spiro atoms. The smallest absolute Gasteiger partial charge is 0.250 e. The van der Waals surface area contributed by atoms with Crippen LogP contribution in [0.2, 0.25) is 0 Å². The van der Waals surface area contributed by atoms with E-state index in [-0.39, 0.29) is 11.4 Å². The maximum Gasteiger partial charge on any atom is 0.250 e. The first kappa shape index (κ1) is 11.5. The lowest BCUT2D eigenvalue weighted by molar-refractivity contribution is -0.118. The summed E-state index contributed by atoms with van der Waals surface area (Å²) in [5, 5.41) is 10.8. The molecule has 0 fully saturated rings. The molecule has 82 valence electrons. The van der Waals surface area contributed by atoms with Crippen LogP contribution in [0.4, 0.5) is 10.1 Å². The van der Waals surface area contributed by atoms with Gasteiger partial charge in [-0.25, -0.2) is 4.39 Å². The Balaban J connectivity index is 2.77. The van der Waals surface area contributed by atoms with Crippen LogP contribution in [0.15, 0.2) is 18.2 Å². The molecule has 0 radical (unpaired) electrons. The molecule has 2 N–H and O–H groups in total. The summed E-state index contributed by atoms with van der Waals surface area (Å²) in [4.78, 5) is 10.8. The number of rotatable bonds is 4. The van der Waals surface area contributed by atoms with Crippen molar-refractivity contribution in [2.24, 2.45) is 0 Å². The van der Waals surface area contributed by atoms with Crippen LogP contribution in [0, 0.1) is 5.82 Å². The number of halogens is 1. The zero-order valence-electron chi connectivity index (χ0n) is 8.29. The Kier molecular flexibility index (Phi) is 4.05. The molecular weight excluding hydrogens is 201 g/mol. The Morgan fingerprint density at radius 3 is 2.87 bits per heavy atom. The topological polar surface area (TPSA) is 58.6 Å². The molecule has 0 aliphatic heterocycles. The van der Waals surface area contributed by atoms with E-state index in [2.05, 4.69) is 5.32 Å². The number of carbonyl (C=O) groups excluding carboxylic acids is 1. The van der Waals surface area contributed by atoms with Crippen molar-refractivity contribution in [3.8, 4) is 5.75 Å². The number of hydrogen-bond acceptors (Lipinski definition) is 3. The molecule has 0 atom stereocenters. The lowest BCUT2D eigenvalue weighted by atomic mass is 10.3. The molecule has 1 amide bonds. The van der Waals surface area contributed by atoms with Gasteiger partial charge in [-0.15, -0.1) is 0 Å². The molecule has 1 rings (SSSR count). The lowest BCUT2D eigenvalue weighted by Crippen LogP contribution is -2.15. The van der Waals surface area contributed by atoms with Crippen molar-refractivity contribution in [1.29, 1.82) is 0 Å². The van der Waals surface area contributed by atoms with Crippen LogP contribution >= 0.6 is 0 Å². The van der Waals surface area contributed by atoms with Gasteiger partial charge in [0.25, 0.3) is 0 Å². The monoisotopic (exact) mass is 213 g/mol. The van der Waals surface area contributed by atoms with Crippen LogP contribution < -0.4 is 10.1 Å². The Morgan fingerprint density at radius 2 is 2.33 bits per heavy atom. The van der Waals surface area contributed by atoms with Gasteiger partial charge in [-0.1, -0.05) is 0 Å². The van der Waals surface area contributed by atoms with Crippen LogP contribution in [0.25, 0.3) is 0 Å². The SMILES string of the molecule is CCOc1ccc(NC(=O)CO)cc1F. The first-order valence-corrected chi connectivity index (χ1v) is 4.50. The van der Waals surface area contributed by atoms with Crippen molar-refractivity contribution in [2.45, 2.75) is 6.92 Å². The number of anilines is 1. The highest BCUT2D eigenvalue weighted by Crippen LogP contribution is 2.20. The van der Waals surface area contributed by atoms with Gasteiger partial charge in [0.2, 0.25) is 5.91 Å². The Bertz CT molecular complexity index is 355. The summed E-state index contributed by atoms with van der Waals surface area (Å²) < 4.78 is 18.2. The molecule has 0 saturated heterocycles. The predicted molar refractivity (Wildman–Crippen MR) is 53.3 cm³/mol. The second-order valence-corrected chi connectivity index (χ2v) is 2.78. The minimum Gasteiger partial charge on any atom is -0.491 e. The summed E-state index contributed by atoms with van der Waals surface area (Å²) in [7, 11) is 0. The van der Waals surface area contributed by atoms with Crippen LogP contribution in [0.1, 0.15) is 6.92 Å². The molecule has 15 heavy (non-hydrogen) atoms. The Labute approximate surface area is 86.7 Å². The summed E-state index contributed by atoms with van der Waals surface area (Å²) in [6.07, 6.45) is 0. The van der Waals surface area contributed by atoms with Crippen molar-refractivity contribution in [2.75, 3.05) is 18.5 Å². The molecule has 0 aliphatic carbocycles. The molecule has 5 heteroatoms. The van der Waals surface area contributed by atoms with Crippen LogP contribution in [-0.4, -0.2) is 24.2 Å². The highest BCUT2D eigenvalue weighted by molar-refractivity contribution is 5.91. The van der Waals surface area contributed by atoms with Crippen LogP contribution in [0.5, 0.6) is 5.75 Å². The first-order chi connectivity index (χ1) is 7.17. The average Bonchev–Trinajstić information content (AvgIpc) is 2.22. The summed E-state index contributed by atoms with van der Waals surface area (Å²) >= 11 is 0. The zero-order chi connectivity index (χ0) is 11.3. The molecule has 4 nitrogen and oxygen atoms in total. The summed E-state index contributed by atoms with van der Waals surface area (Å²) in [5.74, 6) is -0.995. The van der Waals surface area contributed by atoms with E-state index in [1.54, 1.807) is 6.92 Å². The standard InChI is InChI=1S/C10H12FNO3/c1-2-15-9-4-3-7(5-8(9)11)12-10(14)6-13/h3-5,13H,2,6H2,1H3,(H,12,14). The number of carbonyl (C=O) groups is 1. The highest BCUT2D eigenvalue weighted by atomic mass is 19.1. The van der Waals surface area contributed by atoms with Crippen LogP contribution in [0.3, 0.4) is 0 Å². The summed E-state index contributed by atoms with van der Waals surface area (Å²) in [6, 6.07) is 4.06. The highest BCUT2D eigenvalue weighted by Gasteiger charge is 2.05. The van der Waals surface area contributed by atoms with Crippen molar-refractivity contribution < 1.29 is 19.0 Å². The molecule has 0 unspecified atom stereocenters. The van der Waals surface area contributed by atoms with E-state index in [1.807, 2.05) is 0 Å². The molecule has 1 aromatic carbocycles. The second kappa shape index (κ2) is 5.31. The third-order valence-electron chi connectivity index (χ3n) is 1.66. The maximum atomic E-state index is 13.3. The van der Waals surface area contributed by atoms with Gasteiger partial charge in [0.15, 0.2) is 11.6 Å². The van der Waals surface area contributed by atoms with Crippen LogP contribution in [-0.2, 0) is 4.79 Å². The molecule has 0 aromatic heterocycles. The molecule has 0 bridgehead atoms. The van der Waals surface area contributed by atoms with Crippen molar-refractivity contribution in [1.82, 2.24) is 0 Å². The fourth-order valence-corrected chi connectivity index (χ4v) is 1.05. The number of aliphatic hydroxyl groups is 1. The van der Waals surface area contributed by atoms with Crippen molar-refractivity contribution >= 4 is 11.6 Å². The van der Waals surface area contributed by atoms with Gasteiger partial charge in [-0.3, -0.25) is 4.79 Å². The molecule has 1 aromatic rings. The lowest BCUT2D eigenvalue weighted by Gasteiger charge is -2.07. The van der Waals surface area contributed by atoms with E-state index in [0.717, 1.165) is 6.07 Å². The van der Waals surface area contributed by atoms with E-state index in [9.17, 15) is 9.18 Å². The normalized spacial score (nSPS) is 9.80. The van der Waals surface area contributed by atoms with E-state index < -0.39 is 18.3 Å². The maximum absolute atomic E-state index is 13.3. The third-order valence-corrected chi connectivity index (χ3v) is 1.66. The van der Waals surface area contributed by atoms with Gasteiger partial charge in [0.1, 0.15) is 6.61 Å². The van der Waals surface area contributed by atoms with Gasteiger partial charge in [0.05, 0.1) is 6.61 Å². The van der Waals surface area contributed by atoms with E-state index in [1.165, 1.54) is 12.1 Å². The largest absolute Gasteiger partial charge is 0.491 e. The molecule has 0 heterocycles. The number of amides is 1. The van der Waals surface area contributed by atoms with Gasteiger partial charge < -0.3 is 15.2 Å². The van der Waals surface area contributed by atoms with E-state index >= 15 is 0 Å². The molecular formula is C10H12FNO3. The number of ether oxygens (including phenoxy) is 1. The zero-order valence-corrected chi connectivity index (χ0v) is 8.29.